The molecule has 0 saturated heterocycles. The average Bonchev–Trinajstić information content (AvgIpc) is 0.845. The van der Waals surface area contributed by atoms with Crippen molar-refractivity contribution in [3.8, 4) is 0 Å². The van der Waals surface area contributed by atoms with Gasteiger partial charge in [0, 0.05) is 24.9 Å². The van der Waals surface area contributed by atoms with E-state index < -0.39 is 37.1 Å². The molecule has 5 nitrogen and oxygen atoms in total. The Morgan fingerprint density at radius 2 is 0.483 bits per heavy atom. The molecule has 0 aliphatic heterocycles. The van der Waals surface area contributed by atoms with Crippen molar-refractivity contribution >= 4 is 123 Å². The maximum Gasteiger partial charge on any atom is 1.00 e. The fourth-order valence-electron chi connectivity index (χ4n) is 12.2. The zero-order valence-electron chi connectivity index (χ0n) is 70.9. The van der Waals surface area contributed by atoms with Crippen molar-refractivity contribution in [2.75, 3.05) is 14.2 Å². The van der Waals surface area contributed by atoms with E-state index in [9.17, 15) is 9.59 Å². The summed E-state index contributed by atoms with van der Waals surface area (Å²) in [5.74, 6) is -0.347. The maximum absolute atomic E-state index is 11.6. The van der Waals surface area contributed by atoms with Crippen LogP contribution in [0.3, 0.4) is 0 Å². The first-order chi connectivity index (χ1) is 56.4. The van der Waals surface area contributed by atoms with Gasteiger partial charge in [0.1, 0.15) is 0 Å². The first kappa shape index (κ1) is 100. The molecule has 14 rings (SSSR count). The summed E-state index contributed by atoms with van der Waals surface area (Å²) in [6.45, 7) is 20.1. The molecule has 0 fully saturated rings. The van der Waals surface area contributed by atoms with Crippen molar-refractivity contribution < 1.29 is 58.3 Å². The van der Waals surface area contributed by atoms with Gasteiger partial charge >= 0.3 is 30.8 Å². The van der Waals surface area contributed by atoms with Crippen molar-refractivity contribution in [3.63, 3.8) is 0 Å². The summed E-state index contributed by atoms with van der Waals surface area (Å²) in [6.07, 6.45) is 4.63. The number of carbonyl (C=O) groups is 2. The fraction of sp³-hybridized carbons (Fsp3) is 0.189. The van der Waals surface area contributed by atoms with E-state index in [-0.39, 0.29) is 57.1 Å². The zero-order valence-corrected chi connectivity index (χ0v) is 77.6. The molecule has 14 aromatic rings. The van der Waals surface area contributed by atoms with Gasteiger partial charge in [-0.2, -0.15) is 0 Å². The smallest absolute Gasteiger partial charge is 0.658 e. The van der Waals surface area contributed by atoms with Crippen LogP contribution in [0.1, 0.15) is 98.8 Å². The van der Waals surface area contributed by atoms with Gasteiger partial charge in [0.25, 0.3) is 0 Å². The molecule has 0 aliphatic rings. The first-order valence-electron chi connectivity index (χ1n) is 40.0. The molecular formula is C106H115BrLiNO4P4Pd. The number of hydrogen-bond acceptors (Lipinski definition) is 4. The number of rotatable bonds is 21. The largest absolute Gasteiger partial charge is 1.00 e. The normalized spacial score (nSPS) is 10.4. The predicted octanol–water partition coefficient (Wildman–Crippen LogP) is 20.3. The van der Waals surface area contributed by atoms with Crippen molar-refractivity contribution in [2.24, 2.45) is 5.92 Å². The minimum Gasteiger partial charge on any atom is -0.658 e. The molecule has 14 aromatic carbocycles. The summed E-state index contributed by atoms with van der Waals surface area (Å²) >= 11 is 3.40. The molecule has 0 unspecified atom stereocenters. The van der Waals surface area contributed by atoms with Crippen LogP contribution in [0.5, 0.6) is 0 Å². The number of ether oxygens (including phenoxy) is 2. The van der Waals surface area contributed by atoms with E-state index in [2.05, 4.69) is 468 Å². The van der Waals surface area contributed by atoms with Crippen LogP contribution < -0.4 is 82.5 Å². The number of benzene rings is 14. The Morgan fingerprint density at radius 3 is 0.610 bits per heavy atom. The van der Waals surface area contributed by atoms with Crippen molar-refractivity contribution in [1.82, 2.24) is 0 Å². The molecule has 0 spiro atoms. The van der Waals surface area contributed by atoms with Gasteiger partial charge in [-0.1, -0.05) is 485 Å². The molecule has 0 heterocycles. The second kappa shape index (κ2) is 57.6. The molecule has 0 bridgehead atoms. The van der Waals surface area contributed by atoms with Gasteiger partial charge in [0.2, 0.25) is 0 Å². The molecule has 0 aliphatic carbocycles. The predicted molar refractivity (Wildman–Crippen MR) is 515 cm³/mol. The summed E-state index contributed by atoms with van der Waals surface area (Å²) in [5, 5.41) is 21.1. The minimum absolute atomic E-state index is 0. The van der Waals surface area contributed by atoms with E-state index in [0.29, 0.717) is 12.1 Å². The van der Waals surface area contributed by atoms with Crippen LogP contribution in [0.25, 0.3) is 5.32 Å². The van der Waals surface area contributed by atoms with E-state index in [1.54, 1.807) is 13.8 Å². The van der Waals surface area contributed by atoms with Crippen molar-refractivity contribution in [3.05, 3.63) is 439 Å². The van der Waals surface area contributed by atoms with E-state index in [1.165, 1.54) is 102 Å². The Kier molecular flexibility index (Phi) is 48.8. The average molecular weight is 1780 g/mol. The molecule has 12 heteroatoms. The Morgan fingerprint density at radius 1 is 0.305 bits per heavy atom. The second-order valence-electron chi connectivity index (χ2n) is 28.3. The third-order valence-electron chi connectivity index (χ3n) is 17.8. The summed E-state index contributed by atoms with van der Waals surface area (Å²) in [4.78, 5) is 21.9. The molecule has 0 aromatic heterocycles. The Balaban J connectivity index is 0.000000245. The fourth-order valence-corrected chi connectivity index (χ4v) is 21.7. The van der Waals surface area contributed by atoms with Gasteiger partial charge in [-0.25, -0.2) is 0 Å². The number of aryl methyl sites for hydroxylation is 2. The Hall–Kier alpha value is -8.56. The van der Waals surface area contributed by atoms with E-state index in [1.807, 2.05) is 26.0 Å². The number of esters is 2. The molecule has 0 radical (unpaired) electrons. The molecule has 0 saturated carbocycles. The molecule has 0 N–H and O–H groups in total. The minimum atomic E-state index is -0.570. The third kappa shape index (κ3) is 35.4. The zero-order chi connectivity index (χ0) is 83.0. The maximum atomic E-state index is 11.6. The van der Waals surface area contributed by atoms with Crippen molar-refractivity contribution in [2.45, 2.75) is 112 Å². The van der Waals surface area contributed by atoms with Crippen LogP contribution >= 0.6 is 47.6 Å². The van der Waals surface area contributed by atoms with Gasteiger partial charge < -0.3 is 14.8 Å². The van der Waals surface area contributed by atoms with Gasteiger partial charge in [0.05, 0.1) is 25.6 Å². The molecule has 606 valence electrons. The van der Waals surface area contributed by atoms with E-state index in [4.69, 9.17) is 4.74 Å². The first-order valence-corrected chi connectivity index (χ1v) is 46.1. The monoisotopic (exact) mass is 1780 g/mol. The van der Waals surface area contributed by atoms with Gasteiger partial charge in [-0.15, -0.1) is 12.1 Å². The topological polar surface area (TPSA) is 66.7 Å². The van der Waals surface area contributed by atoms with Gasteiger partial charge in [0.15, 0.2) is 0 Å². The Labute approximate surface area is 746 Å². The van der Waals surface area contributed by atoms with Crippen LogP contribution in [0.4, 0.5) is 0 Å². The van der Waals surface area contributed by atoms with Crippen LogP contribution in [0.15, 0.2) is 417 Å². The Bertz CT molecular complexity index is 4020. The van der Waals surface area contributed by atoms with Gasteiger partial charge in [-0.3, -0.25) is 9.59 Å². The number of halogens is 1. The van der Waals surface area contributed by atoms with E-state index in [0.717, 1.165) is 22.9 Å². The summed E-state index contributed by atoms with van der Waals surface area (Å²) in [7, 11) is 1.03. The number of carbonyl (C=O) groups excluding carboxylic acids is 2. The molecule has 0 atom stereocenters. The molecular weight excluding hydrogens is 1670 g/mol. The number of nitrogens with zero attached hydrogens (tertiary/aromatic N) is 1. The van der Waals surface area contributed by atoms with Crippen molar-refractivity contribution in [1.29, 1.82) is 0 Å². The van der Waals surface area contributed by atoms with Crippen LogP contribution in [-0.2, 0) is 57.7 Å². The molecule has 0 amide bonds. The van der Waals surface area contributed by atoms with Gasteiger partial charge in [-0.05, 0) is 151 Å². The quantitative estimate of drug-likeness (QED) is 0.0408. The summed E-state index contributed by atoms with van der Waals surface area (Å²) < 4.78 is 10.3. The molecule has 118 heavy (non-hydrogen) atoms. The second-order valence-corrected chi connectivity index (χ2v) is 38.1. The number of methoxy groups -OCH3 is 2. The number of hydrogen-bond donors (Lipinski definition) is 0. The summed E-state index contributed by atoms with van der Waals surface area (Å²) in [5.41, 5.74) is 3.16. The van der Waals surface area contributed by atoms with Crippen LogP contribution in [0.2, 0.25) is 0 Å². The SMILES string of the molecule is CC(C)[N-]C(C)C.CCCc1ccc(Br)cc1.CCCc1ccc(C(C)(C)C(=O)OC)cc1.COC(=O)C(C)C.[Li+].[Pd].c1ccc(P(c2ccccc2)c2ccccc2)cc1.c1ccc(P(c2ccccc2)c2ccccc2)cc1.c1ccc(P(c2ccccc2)c2ccccc2)cc1.c1ccc(P(c2ccccc2)c2ccccc2)cc1. The van der Waals surface area contributed by atoms with Crippen LogP contribution in [0, 0.1) is 5.92 Å². The van der Waals surface area contributed by atoms with E-state index >= 15 is 0 Å². The summed E-state index contributed by atoms with van der Waals surface area (Å²) in [6, 6.07) is 147. The third-order valence-corrected chi connectivity index (χ3v) is 28.1. The standard InChI is InChI=1S/4C18H15P.C14H20O2.C9H11Br.C6H14N.C5H10O2.Li.Pd/c4*1-4-10-16(11-5-1)19(17-12-6-2-7-13-17)18-14-8-3-9-15-18;1-5-6-11-7-9-12(10-8-11)14(2,3)13(15)16-4;1-2-3-8-4-6-9(10)7-5-8;1-5(2)7-6(3)4;1-4(2)5(6)7-3;;/h4*1-15H;7-10H,5-6H2,1-4H3;4-7H,2-3H2,1H3;5-6H,1-4H3;4H,1-3H3;;/q;;;;;;-1;;+1;. The van der Waals surface area contributed by atoms with Crippen LogP contribution in [-0.4, -0.2) is 38.2 Å².